The molecule has 3 N–H and O–H groups in total. The van der Waals surface area contributed by atoms with Gasteiger partial charge in [0.15, 0.2) is 0 Å². The van der Waals surface area contributed by atoms with Crippen LogP contribution < -0.4 is 11.1 Å². The summed E-state index contributed by atoms with van der Waals surface area (Å²) in [5.74, 6) is -0.213. The number of carbonyl (C=O) groups is 2. The number of piperazine rings is 1. The molecule has 10 heteroatoms. The fourth-order valence-corrected chi connectivity index (χ4v) is 7.04. The molecule has 2 aromatic carbocycles. The van der Waals surface area contributed by atoms with Crippen molar-refractivity contribution in [1.82, 2.24) is 20.0 Å². The minimum absolute atomic E-state index is 0.0272. The molecule has 8 nitrogen and oxygen atoms in total. The van der Waals surface area contributed by atoms with Gasteiger partial charge >= 0.3 is 0 Å². The third-order valence-electron chi connectivity index (χ3n) is 8.85. The zero-order valence-corrected chi connectivity index (χ0v) is 26.3. The van der Waals surface area contributed by atoms with Crippen LogP contribution in [0.3, 0.4) is 0 Å². The van der Waals surface area contributed by atoms with Crippen LogP contribution in [-0.4, -0.2) is 97.6 Å². The van der Waals surface area contributed by atoms with Crippen LogP contribution in [0.2, 0.25) is 10.0 Å². The summed E-state index contributed by atoms with van der Waals surface area (Å²) in [6.07, 6.45) is 0.768. The maximum atomic E-state index is 14.4. The van der Waals surface area contributed by atoms with Crippen LogP contribution in [0, 0.1) is 5.41 Å². The van der Waals surface area contributed by atoms with E-state index >= 15 is 0 Å². The lowest BCUT2D eigenvalue weighted by molar-refractivity contribution is -0.138. The molecule has 3 aliphatic rings. The molecular formula is C32H43Cl2N5O3. The highest BCUT2D eigenvalue weighted by Crippen LogP contribution is 2.48. The minimum Gasteiger partial charge on any atom is -0.378 e. The summed E-state index contributed by atoms with van der Waals surface area (Å²) >= 11 is 12.8. The van der Waals surface area contributed by atoms with Gasteiger partial charge in [-0.25, -0.2) is 0 Å². The van der Waals surface area contributed by atoms with Gasteiger partial charge in [0.2, 0.25) is 11.8 Å². The first-order valence-electron chi connectivity index (χ1n) is 14.9. The molecule has 0 saturated carbocycles. The van der Waals surface area contributed by atoms with E-state index in [9.17, 15) is 9.59 Å². The standard InChI is InChI=1S/C32H43Cl2N5O3/c1-31(2,3)20-26-32(35,23-7-9-24(33)10-8-23)28(22-5-4-6-25(34)19-22)29(36-26)30(41)39-13-11-37(12-14-39)21-27(40)38-15-17-42-18-16-38/h4-10,19,26,28-29,36H,11-18,20-21,35H2,1-3H3. The van der Waals surface area contributed by atoms with E-state index in [4.69, 9.17) is 33.7 Å². The Labute approximate surface area is 259 Å². The summed E-state index contributed by atoms with van der Waals surface area (Å²) in [7, 11) is 0. The average molecular weight is 617 g/mol. The van der Waals surface area contributed by atoms with E-state index < -0.39 is 11.6 Å². The van der Waals surface area contributed by atoms with Crippen LogP contribution in [-0.2, 0) is 19.9 Å². The fourth-order valence-electron chi connectivity index (χ4n) is 6.71. The van der Waals surface area contributed by atoms with Gasteiger partial charge in [-0.1, -0.05) is 68.2 Å². The Kier molecular flexibility index (Phi) is 9.52. The SMILES string of the molecule is CC(C)(C)CC1NC(C(=O)N2CCN(CC(=O)N3CCOCC3)CC2)C(c2cccc(Cl)c2)C1(N)c1ccc(Cl)cc1. The van der Waals surface area contributed by atoms with Crippen molar-refractivity contribution in [3.8, 4) is 0 Å². The molecule has 42 heavy (non-hydrogen) atoms. The smallest absolute Gasteiger partial charge is 0.240 e. The average Bonchev–Trinajstić information content (AvgIpc) is 3.25. The molecular weight excluding hydrogens is 573 g/mol. The van der Waals surface area contributed by atoms with Crippen molar-refractivity contribution >= 4 is 35.0 Å². The van der Waals surface area contributed by atoms with Gasteiger partial charge in [0.05, 0.1) is 31.3 Å². The Balaban J connectivity index is 1.40. The molecule has 4 atom stereocenters. The maximum absolute atomic E-state index is 14.4. The molecule has 3 saturated heterocycles. The summed E-state index contributed by atoms with van der Waals surface area (Å²) in [4.78, 5) is 33.1. The molecule has 228 valence electrons. The van der Waals surface area contributed by atoms with E-state index in [0.29, 0.717) is 69.1 Å². The van der Waals surface area contributed by atoms with Gasteiger partial charge < -0.3 is 25.6 Å². The molecule has 2 aromatic rings. The van der Waals surface area contributed by atoms with Crippen molar-refractivity contribution in [2.45, 2.75) is 50.7 Å². The molecule has 3 aliphatic heterocycles. The Bertz CT molecular complexity index is 1260. The van der Waals surface area contributed by atoms with E-state index in [2.05, 4.69) is 31.0 Å². The van der Waals surface area contributed by atoms with Crippen molar-refractivity contribution in [2.24, 2.45) is 11.1 Å². The van der Waals surface area contributed by atoms with Gasteiger partial charge in [0, 0.05) is 61.3 Å². The molecule has 5 rings (SSSR count). The predicted octanol–water partition coefficient (Wildman–Crippen LogP) is 3.71. The normalized spacial score (nSPS) is 27.3. The maximum Gasteiger partial charge on any atom is 0.240 e. The van der Waals surface area contributed by atoms with Crippen molar-refractivity contribution in [1.29, 1.82) is 0 Å². The summed E-state index contributed by atoms with van der Waals surface area (Å²) in [5, 5.41) is 4.97. The topological polar surface area (TPSA) is 91.1 Å². The quantitative estimate of drug-likeness (QED) is 0.515. The number of carbonyl (C=O) groups excluding carboxylic acids is 2. The highest BCUT2D eigenvalue weighted by Gasteiger charge is 2.57. The first-order valence-corrected chi connectivity index (χ1v) is 15.6. The van der Waals surface area contributed by atoms with E-state index in [1.807, 2.05) is 58.3 Å². The van der Waals surface area contributed by atoms with E-state index in [1.165, 1.54) is 0 Å². The molecule has 4 unspecified atom stereocenters. The highest BCUT2D eigenvalue weighted by atomic mass is 35.5. The number of morpholine rings is 1. The monoisotopic (exact) mass is 615 g/mol. The van der Waals surface area contributed by atoms with E-state index in [0.717, 1.165) is 17.5 Å². The number of ether oxygens (including phenoxy) is 1. The molecule has 0 radical (unpaired) electrons. The molecule has 3 fully saturated rings. The van der Waals surface area contributed by atoms with Gasteiger partial charge in [-0.15, -0.1) is 0 Å². The molecule has 0 aromatic heterocycles. The number of hydrogen-bond donors (Lipinski definition) is 2. The summed E-state index contributed by atoms with van der Waals surface area (Å²) in [6, 6.07) is 14.7. The number of rotatable bonds is 6. The van der Waals surface area contributed by atoms with E-state index in [-0.39, 0.29) is 29.2 Å². The third kappa shape index (κ3) is 6.79. The number of hydrogen-bond acceptors (Lipinski definition) is 6. The Morgan fingerprint density at radius 3 is 2.24 bits per heavy atom. The summed E-state index contributed by atoms with van der Waals surface area (Å²) in [6.45, 7) is 11.8. The molecule has 0 bridgehead atoms. The van der Waals surface area contributed by atoms with Gasteiger partial charge in [0.25, 0.3) is 0 Å². The van der Waals surface area contributed by atoms with Gasteiger partial charge in [-0.2, -0.15) is 0 Å². The van der Waals surface area contributed by atoms with Crippen LogP contribution in [0.15, 0.2) is 48.5 Å². The van der Waals surface area contributed by atoms with Crippen molar-refractivity contribution < 1.29 is 14.3 Å². The largest absolute Gasteiger partial charge is 0.378 e. The molecule has 0 aliphatic carbocycles. The Morgan fingerprint density at radius 1 is 0.952 bits per heavy atom. The molecule has 2 amide bonds. The first-order chi connectivity index (χ1) is 20.0. The van der Waals surface area contributed by atoms with Crippen LogP contribution >= 0.6 is 23.2 Å². The third-order valence-corrected chi connectivity index (χ3v) is 9.33. The van der Waals surface area contributed by atoms with Crippen molar-refractivity contribution in [2.75, 3.05) is 59.0 Å². The van der Waals surface area contributed by atoms with Gasteiger partial charge in [-0.3, -0.25) is 14.5 Å². The zero-order chi connectivity index (χ0) is 30.1. The van der Waals surface area contributed by atoms with Gasteiger partial charge in [0.1, 0.15) is 0 Å². The Morgan fingerprint density at radius 2 is 1.62 bits per heavy atom. The number of halogens is 2. The zero-order valence-electron chi connectivity index (χ0n) is 24.8. The van der Waals surface area contributed by atoms with E-state index in [1.54, 1.807) is 0 Å². The number of amides is 2. The Hall–Kier alpha value is -2.20. The highest BCUT2D eigenvalue weighted by molar-refractivity contribution is 6.30. The van der Waals surface area contributed by atoms with Crippen molar-refractivity contribution in [3.05, 3.63) is 69.7 Å². The summed E-state index contributed by atoms with van der Waals surface area (Å²) < 4.78 is 5.38. The van der Waals surface area contributed by atoms with Crippen LogP contribution in [0.25, 0.3) is 0 Å². The lowest BCUT2D eigenvalue weighted by atomic mass is 9.68. The predicted molar refractivity (Wildman–Crippen MR) is 167 cm³/mol. The molecule has 3 heterocycles. The first kappa shape index (κ1) is 31.2. The van der Waals surface area contributed by atoms with Crippen LogP contribution in [0.5, 0.6) is 0 Å². The lowest BCUT2D eigenvalue weighted by Crippen LogP contribution is -2.56. The number of nitrogens with zero attached hydrogens (tertiary/aromatic N) is 3. The van der Waals surface area contributed by atoms with Gasteiger partial charge in [-0.05, 0) is 47.2 Å². The van der Waals surface area contributed by atoms with Crippen LogP contribution in [0.1, 0.15) is 44.2 Å². The second kappa shape index (κ2) is 12.8. The number of nitrogens with two attached hydrogens (primary N) is 1. The van der Waals surface area contributed by atoms with Crippen LogP contribution in [0.4, 0.5) is 0 Å². The van der Waals surface area contributed by atoms with Crippen molar-refractivity contribution in [3.63, 3.8) is 0 Å². The number of nitrogens with one attached hydrogen (secondary N) is 1. The number of benzene rings is 2. The lowest BCUT2D eigenvalue weighted by Gasteiger charge is -2.40. The fraction of sp³-hybridized carbons (Fsp3) is 0.562. The molecule has 0 spiro atoms. The second-order valence-electron chi connectivity index (χ2n) is 13.0. The summed E-state index contributed by atoms with van der Waals surface area (Å²) in [5.41, 5.74) is 8.46. The second-order valence-corrected chi connectivity index (χ2v) is 13.9. The minimum atomic E-state index is -0.894.